The van der Waals surface area contributed by atoms with Crippen LogP contribution < -0.4 is 24.3 Å². The summed E-state index contributed by atoms with van der Waals surface area (Å²) in [6.45, 7) is 0. The topological polar surface area (TPSA) is 95.0 Å². The van der Waals surface area contributed by atoms with Crippen molar-refractivity contribution in [2.24, 2.45) is 0 Å². The van der Waals surface area contributed by atoms with E-state index in [-0.39, 0.29) is 5.91 Å². The second-order valence-corrected chi connectivity index (χ2v) is 7.39. The van der Waals surface area contributed by atoms with Crippen LogP contribution in [0.3, 0.4) is 0 Å². The zero-order valence-corrected chi connectivity index (χ0v) is 18.6. The molecule has 0 unspecified atom stereocenters. The molecular weight excluding hydrogens is 424 g/mol. The zero-order chi connectivity index (χ0) is 23.1. The average Bonchev–Trinajstić information content (AvgIpc) is 3.44. The highest BCUT2D eigenvalue weighted by molar-refractivity contribution is 6.11. The number of hydrogen-bond acceptors (Lipinski definition) is 6. The largest absolute Gasteiger partial charge is 0.496 e. The van der Waals surface area contributed by atoms with Gasteiger partial charge < -0.3 is 33.7 Å². The van der Waals surface area contributed by atoms with E-state index in [1.54, 1.807) is 39.5 Å². The Bertz CT molecular complexity index is 1510. The van der Waals surface area contributed by atoms with Gasteiger partial charge in [0.15, 0.2) is 11.5 Å². The van der Waals surface area contributed by atoms with Crippen molar-refractivity contribution in [1.29, 1.82) is 0 Å². The Labute approximate surface area is 189 Å². The van der Waals surface area contributed by atoms with Gasteiger partial charge in [-0.05, 0) is 18.2 Å². The van der Waals surface area contributed by atoms with Crippen LogP contribution in [0.4, 0.5) is 5.69 Å². The number of anilines is 1. The Morgan fingerprint density at radius 1 is 0.788 bits per heavy atom. The number of carbonyl (C=O) groups is 1. The van der Waals surface area contributed by atoms with Crippen LogP contribution in [0.1, 0.15) is 10.5 Å². The molecule has 5 rings (SSSR count). The molecule has 0 atom stereocenters. The van der Waals surface area contributed by atoms with Crippen molar-refractivity contribution in [1.82, 2.24) is 4.98 Å². The minimum atomic E-state index is -0.358. The Morgan fingerprint density at radius 3 is 2.27 bits per heavy atom. The average molecular weight is 446 g/mol. The maximum atomic E-state index is 13.2. The summed E-state index contributed by atoms with van der Waals surface area (Å²) >= 11 is 0. The summed E-state index contributed by atoms with van der Waals surface area (Å²) in [6, 6.07) is 14.8. The summed E-state index contributed by atoms with van der Waals surface area (Å²) < 4.78 is 27.9. The minimum Gasteiger partial charge on any atom is -0.496 e. The number of para-hydroxylation sites is 1. The number of fused-ring (bicyclic) bond motifs is 4. The molecule has 168 valence electrons. The van der Waals surface area contributed by atoms with E-state index in [9.17, 15) is 4.79 Å². The van der Waals surface area contributed by atoms with Gasteiger partial charge in [0.25, 0.3) is 5.91 Å². The van der Waals surface area contributed by atoms with Crippen LogP contribution in [0.2, 0.25) is 0 Å². The van der Waals surface area contributed by atoms with Crippen molar-refractivity contribution >= 4 is 44.4 Å². The van der Waals surface area contributed by atoms with Gasteiger partial charge in [-0.25, -0.2) is 0 Å². The molecule has 3 aromatic carbocycles. The molecule has 0 fully saturated rings. The number of aromatic nitrogens is 1. The van der Waals surface area contributed by atoms with Gasteiger partial charge in [0.2, 0.25) is 0 Å². The smallest absolute Gasteiger partial charge is 0.272 e. The number of hydrogen-bond donors (Lipinski definition) is 2. The minimum absolute atomic E-state index is 0.321. The number of ether oxygens (including phenoxy) is 4. The highest BCUT2D eigenvalue weighted by atomic mass is 16.5. The molecule has 0 bridgehead atoms. The number of H-pyrrole nitrogens is 1. The number of aromatic amines is 1. The van der Waals surface area contributed by atoms with Crippen LogP contribution in [0.5, 0.6) is 23.0 Å². The Hall–Kier alpha value is -4.33. The number of furan rings is 1. The molecule has 8 nitrogen and oxygen atoms in total. The maximum absolute atomic E-state index is 13.2. The van der Waals surface area contributed by atoms with E-state index in [0.717, 1.165) is 16.4 Å². The second-order valence-electron chi connectivity index (χ2n) is 7.39. The van der Waals surface area contributed by atoms with Crippen LogP contribution >= 0.6 is 0 Å². The van der Waals surface area contributed by atoms with Crippen LogP contribution in [-0.2, 0) is 0 Å². The lowest BCUT2D eigenvalue weighted by molar-refractivity contribution is 0.102. The first-order chi connectivity index (χ1) is 16.1. The fourth-order valence-corrected chi connectivity index (χ4v) is 4.07. The highest BCUT2D eigenvalue weighted by Gasteiger charge is 2.21. The van der Waals surface area contributed by atoms with E-state index in [1.165, 1.54) is 7.11 Å². The molecule has 8 heteroatoms. The summed E-state index contributed by atoms with van der Waals surface area (Å²) in [5.41, 5.74) is 2.82. The van der Waals surface area contributed by atoms with Crippen LogP contribution in [0.25, 0.3) is 32.8 Å². The van der Waals surface area contributed by atoms with Crippen molar-refractivity contribution in [3.05, 3.63) is 54.2 Å². The quantitative estimate of drug-likeness (QED) is 0.365. The van der Waals surface area contributed by atoms with Crippen molar-refractivity contribution in [2.75, 3.05) is 33.8 Å². The fraction of sp³-hybridized carbons (Fsp3) is 0.160. The fourth-order valence-electron chi connectivity index (χ4n) is 4.07. The van der Waals surface area contributed by atoms with E-state index in [2.05, 4.69) is 10.3 Å². The molecule has 33 heavy (non-hydrogen) atoms. The van der Waals surface area contributed by atoms with Gasteiger partial charge in [0.1, 0.15) is 28.4 Å². The predicted molar refractivity (Wildman–Crippen MR) is 126 cm³/mol. The number of rotatable bonds is 6. The first-order valence-electron chi connectivity index (χ1n) is 10.2. The van der Waals surface area contributed by atoms with Gasteiger partial charge in [-0.1, -0.05) is 18.2 Å². The maximum Gasteiger partial charge on any atom is 0.272 e. The summed E-state index contributed by atoms with van der Waals surface area (Å²) in [5.74, 6) is 1.69. The molecule has 1 amide bonds. The third-order valence-corrected chi connectivity index (χ3v) is 5.63. The first kappa shape index (κ1) is 20.6. The normalized spacial score (nSPS) is 11.2. The van der Waals surface area contributed by atoms with Crippen LogP contribution in [-0.4, -0.2) is 39.3 Å². The molecule has 0 aliphatic carbocycles. The number of methoxy groups -OCH3 is 4. The molecular formula is C25H22N2O6. The zero-order valence-electron chi connectivity index (χ0n) is 18.6. The Morgan fingerprint density at radius 2 is 1.55 bits per heavy atom. The Kier molecular flexibility index (Phi) is 4.97. The molecule has 0 saturated heterocycles. The number of nitrogens with one attached hydrogen (secondary N) is 2. The molecule has 2 heterocycles. The lowest BCUT2D eigenvalue weighted by Gasteiger charge is -2.11. The van der Waals surface area contributed by atoms with Crippen molar-refractivity contribution < 1.29 is 28.2 Å². The standard InChI is InChI=1S/C25H22N2O6/c1-29-19-12-22(31-3)24(32-4)23-15(19)9-17(26-23)25(28)27-16-11-20-14(10-21(16)30-2)13-7-5-6-8-18(13)33-20/h5-12,26H,1-4H3,(H,27,28). The molecule has 5 aromatic rings. The number of amides is 1. The van der Waals surface area contributed by atoms with E-state index >= 15 is 0 Å². The third kappa shape index (κ3) is 3.27. The van der Waals surface area contributed by atoms with E-state index in [1.807, 2.05) is 30.3 Å². The van der Waals surface area contributed by atoms with Crippen LogP contribution in [0, 0.1) is 0 Å². The molecule has 2 aromatic heterocycles. The number of benzene rings is 3. The molecule has 2 N–H and O–H groups in total. The molecule has 0 spiro atoms. The monoisotopic (exact) mass is 446 g/mol. The SMILES string of the molecule is COc1cc2c(cc1NC(=O)c1cc3c(OC)cc(OC)c(OC)c3[nH]1)oc1ccccc12. The van der Waals surface area contributed by atoms with E-state index in [4.69, 9.17) is 23.4 Å². The highest BCUT2D eigenvalue weighted by Crippen LogP contribution is 2.42. The predicted octanol–water partition coefficient (Wildman–Crippen LogP) is 5.35. The summed E-state index contributed by atoms with van der Waals surface area (Å²) in [6.07, 6.45) is 0. The molecule has 0 radical (unpaired) electrons. The third-order valence-electron chi connectivity index (χ3n) is 5.63. The summed E-state index contributed by atoms with van der Waals surface area (Å²) in [7, 11) is 6.20. The second kappa shape index (κ2) is 7.98. The first-order valence-corrected chi connectivity index (χ1v) is 10.2. The lowest BCUT2D eigenvalue weighted by atomic mass is 10.1. The van der Waals surface area contributed by atoms with Crippen molar-refractivity contribution in [3.8, 4) is 23.0 Å². The van der Waals surface area contributed by atoms with Crippen LogP contribution in [0.15, 0.2) is 52.9 Å². The molecule has 0 aliphatic rings. The molecule has 0 aliphatic heterocycles. The van der Waals surface area contributed by atoms with Gasteiger partial charge in [0.05, 0.1) is 39.6 Å². The molecule has 0 saturated carbocycles. The van der Waals surface area contributed by atoms with Crippen molar-refractivity contribution in [2.45, 2.75) is 0 Å². The summed E-state index contributed by atoms with van der Waals surface area (Å²) in [4.78, 5) is 16.3. The van der Waals surface area contributed by atoms with E-state index < -0.39 is 0 Å². The Balaban J connectivity index is 1.57. The lowest BCUT2D eigenvalue weighted by Crippen LogP contribution is -2.13. The van der Waals surface area contributed by atoms with Gasteiger partial charge in [-0.3, -0.25) is 4.79 Å². The van der Waals surface area contributed by atoms with Crippen molar-refractivity contribution in [3.63, 3.8) is 0 Å². The van der Waals surface area contributed by atoms with Gasteiger partial charge in [-0.15, -0.1) is 0 Å². The van der Waals surface area contributed by atoms with E-state index in [0.29, 0.717) is 50.9 Å². The van der Waals surface area contributed by atoms with Gasteiger partial charge in [-0.2, -0.15) is 0 Å². The number of carbonyl (C=O) groups excluding carboxylic acids is 1. The van der Waals surface area contributed by atoms with Gasteiger partial charge >= 0.3 is 0 Å². The summed E-state index contributed by atoms with van der Waals surface area (Å²) in [5, 5.41) is 5.49. The van der Waals surface area contributed by atoms with Gasteiger partial charge in [0, 0.05) is 28.3 Å².